The molecule has 2 N–H and O–H groups in total. The third-order valence-corrected chi connectivity index (χ3v) is 5.97. The van der Waals surface area contributed by atoms with E-state index in [4.69, 9.17) is 23.7 Å². The number of alkyl halides is 1. The van der Waals surface area contributed by atoms with Gasteiger partial charge < -0.3 is 28.8 Å². The number of carbonyl (C=O) groups is 2. The molecule has 2 heterocycles. The first-order valence-corrected chi connectivity index (χ1v) is 11.7. The maximum atomic E-state index is 15.9. The van der Waals surface area contributed by atoms with Crippen molar-refractivity contribution in [1.29, 1.82) is 0 Å². The fourth-order valence-corrected chi connectivity index (χ4v) is 4.07. The summed E-state index contributed by atoms with van der Waals surface area (Å²) >= 11 is 0. The fourth-order valence-electron chi connectivity index (χ4n) is 4.07. The number of aliphatic hydroxyl groups is 1. The first kappa shape index (κ1) is 27.5. The van der Waals surface area contributed by atoms with Gasteiger partial charge in [-0.1, -0.05) is 60.7 Å². The van der Waals surface area contributed by atoms with E-state index in [2.05, 4.69) is 0 Å². The molecule has 1 aliphatic heterocycles. The molecule has 12 nitrogen and oxygen atoms in total. The lowest BCUT2D eigenvalue weighted by Gasteiger charge is -2.31. The van der Waals surface area contributed by atoms with Gasteiger partial charge in [-0.3, -0.25) is 14.3 Å². The number of nitrogens with zero attached hydrogens (tertiary/aromatic N) is 1. The van der Waals surface area contributed by atoms with Crippen molar-refractivity contribution in [2.45, 2.75) is 43.9 Å². The average Bonchev–Trinajstić information content (AvgIpc) is 3.14. The summed E-state index contributed by atoms with van der Waals surface area (Å²) in [4.78, 5) is 51.4. The van der Waals surface area contributed by atoms with Crippen LogP contribution >= 0.6 is 0 Å². The van der Waals surface area contributed by atoms with E-state index in [9.17, 15) is 24.3 Å². The highest BCUT2D eigenvalue weighted by molar-refractivity contribution is 5.62. The summed E-state index contributed by atoms with van der Waals surface area (Å²) in [5.41, 5.74) is -2.82. The van der Waals surface area contributed by atoms with Crippen LogP contribution in [-0.2, 0) is 42.6 Å². The van der Waals surface area contributed by atoms with E-state index in [-0.39, 0.29) is 13.2 Å². The van der Waals surface area contributed by atoms with E-state index in [0.29, 0.717) is 11.1 Å². The van der Waals surface area contributed by atoms with Crippen molar-refractivity contribution < 1.29 is 42.8 Å². The topological polar surface area (TPSA) is 155 Å². The van der Waals surface area contributed by atoms with E-state index in [1.165, 1.54) is 0 Å². The van der Waals surface area contributed by atoms with Gasteiger partial charge in [-0.05, 0) is 18.1 Å². The zero-order valence-corrected chi connectivity index (χ0v) is 20.7. The van der Waals surface area contributed by atoms with Gasteiger partial charge in [-0.15, -0.1) is 0 Å². The molecule has 39 heavy (non-hydrogen) atoms. The Labute approximate surface area is 220 Å². The fraction of sp³-hybridized carbons (Fsp3) is 0.308. The molecule has 1 aliphatic rings. The molecular weight excluding hydrogens is 519 g/mol. The second-order valence-corrected chi connectivity index (χ2v) is 8.71. The van der Waals surface area contributed by atoms with Gasteiger partial charge in [0.05, 0.1) is 0 Å². The molecule has 0 radical (unpaired) electrons. The van der Waals surface area contributed by atoms with Gasteiger partial charge in [0.1, 0.15) is 19.8 Å². The summed E-state index contributed by atoms with van der Waals surface area (Å²) in [7, 11) is 0. The van der Waals surface area contributed by atoms with Gasteiger partial charge >= 0.3 is 18.0 Å². The molecule has 4 rings (SSSR count). The van der Waals surface area contributed by atoms with Gasteiger partial charge in [-0.25, -0.2) is 18.8 Å². The number of H-pyrrole nitrogens is 1. The summed E-state index contributed by atoms with van der Waals surface area (Å²) in [5, 5.41) is 9.86. The summed E-state index contributed by atoms with van der Waals surface area (Å²) < 4.78 is 42.7. The number of aliphatic hydroxyl groups excluding tert-OH is 1. The molecule has 1 saturated heterocycles. The number of ether oxygens (including phenoxy) is 5. The average molecular weight is 544 g/mol. The van der Waals surface area contributed by atoms with Crippen molar-refractivity contribution in [3.63, 3.8) is 0 Å². The van der Waals surface area contributed by atoms with E-state index >= 15 is 4.39 Å². The maximum absolute atomic E-state index is 15.9. The smallest absolute Gasteiger partial charge is 0.429 e. The summed E-state index contributed by atoms with van der Waals surface area (Å²) in [5.74, 6) is -3.17. The highest BCUT2D eigenvalue weighted by Gasteiger charge is 2.67. The normalized spacial score (nSPS) is 24.1. The number of hydrogen-bond donors (Lipinski definition) is 2. The van der Waals surface area contributed by atoms with Crippen LogP contribution in [0.4, 0.5) is 14.0 Å². The first-order valence-electron chi connectivity index (χ1n) is 11.7. The molecule has 13 heteroatoms. The Kier molecular flexibility index (Phi) is 8.12. The number of halogens is 1. The number of nitrogens with one attached hydrogen (secondary N) is 1. The third kappa shape index (κ3) is 6.16. The second kappa shape index (κ2) is 11.5. The van der Waals surface area contributed by atoms with Crippen LogP contribution in [0.15, 0.2) is 82.5 Å². The Morgan fingerprint density at radius 1 is 0.923 bits per heavy atom. The van der Waals surface area contributed by atoms with Crippen LogP contribution in [-0.4, -0.2) is 51.6 Å². The van der Waals surface area contributed by atoms with Crippen molar-refractivity contribution in [3.8, 4) is 0 Å². The van der Waals surface area contributed by atoms with Crippen LogP contribution in [0, 0.1) is 0 Å². The SMILES string of the molecule is C[C@@]1(n2ccc(=O)[nH]c2=O)O[C@](F)(CO)[C@@H](OC(=O)OCc2ccccc2)[C@H]1OC(=O)OCc1ccccc1. The minimum Gasteiger partial charge on any atom is -0.429 e. The number of benzene rings is 2. The number of carbonyl (C=O) groups excluding carboxylic acids is 2. The van der Waals surface area contributed by atoms with Gasteiger partial charge in [-0.2, -0.15) is 0 Å². The largest absolute Gasteiger partial charge is 0.509 e. The number of hydrogen-bond acceptors (Lipinski definition) is 10. The molecule has 2 aromatic carbocycles. The van der Waals surface area contributed by atoms with Crippen molar-refractivity contribution in [1.82, 2.24) is 9.55 Å². The Hall–Kier alpha value is -4.49. The molecular formula is C26H25FN2O10. The summed E-state index contributed by atoms with van der Waals surface area (Å²) in [6.45, 7) is -0.665. The molecule has 3 aromatic rings. The predicted octanol–water partition coefficient (Wildman–Crippen LogP) is 2.34. The van der Waals surface area contributed by atoms with Crippen LogP contribution in [0.3, 0.4) is 0 Å². The lowest BCUT2D eigenvalue weighted by Crippen LogP contribution is -2.52. The van der Waals surface area contributed by atoms with E-state index in [0.717, 1.165) is 23.8 Å². The van der Waals surface area contributed by atoms with E-state index in [1.54, 1.807) is 60.7 Å². The van der Waals surface area contributed by atoms with Gasteiger partial charge in [0.25, 0.3) is 11.4 Å². The highest BCUT2D eigenvalue weighted by Crippen LogP contribution is 2.45. The quantitative estimate of drug-likeness (QED) is 0.404. The van der Waals surface area contributed by atoms with Crippen molar-refractivity contribution in [2.24, 2.45) is 0 Å². The van der Waals surface area contributed by atoms with Gasteiger partial charge in [0, 0.05) is 12.3 Å². The highest BCUT2D eigenvalue weighted by atomic mass is 19.2. The Balaban J connectivity index is 1.62. The standard InChI is InChI=1S/C26H25FN2O10/c1-25(29-13-12-19(31)28-22(29)32)20(37-23(33)35-14-17-8-4-2-5-9-17)21(26(27,16-30)39-25)38-24(34)36-15-18-10-6-3-7-11-18/h2-13,20-21,30H,14-16H2,1H3,(H,28,31,32)/t20-,21+,25-,26-/m1/s1. The Morgan fingerprint density at radius 3 is 1.92 bits per heavy atom. The maximum Gasteiger partial charge on any atom is 0.509 e. The summed E-state index contributed by atoms with van der Waals surface area (Å²) in [6, 6.07) is 18.1. The number of aromatic nitrogens is 2. The lowest BCUT2D eigenvalue weighted by molar-refractivity contribution is -0.241. The van der Waals surface area contributed by atoms with Crippen LogP contribution in [0.1, 0.15) is 18.1 Å². The van der Waals surface area contributed by atoms with Crippen molar-refractivity contribution in [3.05, 3.63) is 105 Å². The van der Waals surface area contributed by atoms with Crippen molar-refractivity contribution in [2.75, 3.05) is 6.61 Å². The molecule has 1 fully saturated rings. The molecule has 0 bridgehead atoms. The molecule has 0 spiro atoms. The molecule has 0 aliphatic carbocycles. The predicted molar refractivity (Wildman–Crippen MR) is 130 cm³/mol. The van der Waals surface area contributed by atoms with Crippen LogP contribution in [0.25, 0.3) is 0 Å². The first-order chi connectivity index (χ1) is 18.6. The number of rotatable bonds is 8. The molecule has 0 amide bonds. The molecule has 0 unspecified atom stereocenters. The Bertz CT molecular complexity index is 1410. The monoisotopic (exact) mass is 544 g/mol. The zero-order chi connectivity index (χ0) is 28.0. The minimum atomic E-state index is -3.17. The molecule has 0 saturated carbocycles. The number of aromatic amines is 1. The van der Waals surface area contributed by atoms with E-state index < -0.39 is 54.0 Å². The molecule has 206 valence electrons. The van der Waals surface area contributed by atoms with Crippen LogP contribution in [0.5, 0.6) is 0 Å². The third-order valence-electron chi connectivity index (χ3n) is 5.97. The lowest BCUT2D eigenvalue weighted by atomic mass is 10.0. The second-order valence-electron chi connectivity index (χ2n) is 8.71. The van der Waals surface area contributed by atoms with Gasteiger partial charge in [0.15, 0.2) is 11.8 Å². The Morgan fingerprint density at radius 2 is 1.44 bits per heavy atom. The zero-order valence-electron chi connectivity index (χ0n) is 20.7. The van der Waals surface area contributed by atoms with Crippen molar-refractivity contribution >= 4 is 12.3 Å². The van der Waals surface area contributed by atoms with Crippen LogP contribution < -0.4 is 11.2 Å². The summed E-state index contributed by atoms with van der Waals surface area (Å²) in [6.07, 6.45) is -5.73. The van der Waals surface area contributed by atoms with E-state index in [1.807, 2.05) is 4.98 Å². The molecule has 1 aromatic heterocycles. The molecule has 4 atom stereocenters. The minimum absolute atomic E-state index is 0.214. The van der Waals surface area contributed by atoms with Gasteiger partial charge in [0.2, 0.25) is 6.10 Å². The van der Waals surface area contributed by atoms with Crippen LogP contribution in [0.2, 0.25) is 0 Å².